The normalized spacial score (nSPS) is 11.6. The lowest BCUT2D eigenvalue weighted by atomic mass is 9.98. The molecule has 4 nitrogen and oxygen atoms in total. The number of nitrogens with one attached hydrogen (secondary N) is 2. The Morgan fingerprint density at radius 2 is 1.77 bits per heavy atom. The Hall–Kier alpha value is -2.40. The van der Waals surface area contributed by atoms with Gasteiger partial charge in [0.2, 0.25) is 0 Å². The summed E-state index contributed by atoms with van der Waals surface area (Å²) in [5, 5.41) is 7.16. The number of aryl methyl sites for hydroxylation is 2. The first-order valence-electron chi connectivity index (χ1n) is 8.78. The van der Waals surface area contributed by atoms with Crippen molar-refractivity contribution in [3.05, 3.63) is 64.7 Å². The molecule has 0 aliphatic heterocycles. The quantitative estimate of drug-likeness (QED) is 0.765. The molecule has 1 unspecified atom stereocenters. The van der Waals surface area contributed by atoms with E-state index < -0.39 is 0 Å². The Balaban J connectivity index is 2.03. The summed E-state index contributed by atoms with van der Waals surface area (Å²) in [7, 11) is 3.48. The van der Waals surface area contributed by atoms with Gasteiger partial charge in [0, 0.05) is 25.3 Å². The summed E-state index contributed by atoms with van der Waals surface area (Å²) in [5.41, 5.74) is 5.29. The second-order valence-corrected chi connectivity index (χ2v) is 7.10. The summed E-state index contributed by atoms with van der Waals surface area (Å²) >= 11 is 5.48. The Morgan fingerprint density at radius 3 is 2.31 bits per heavy atom. The molecule has 0 bridgehead atoms. The van der Waals surface area contributed by atoms with Crippen molar-refractivity contribution in [1.82, 2.24) is 10.2 Å². The Bertz CT molecular complexity index is 784. The van der Waals surface area contributed by atoms with Crippen molar-refractivity contribution >= 4 is 28.9 Å². The van der Waals surface area contributed by atoms with E-state index in [1.165, 1.54) is 16.7 Å². The highest BCUT2D eigenvalue weighted by molar-refractivity contribution is 7.80. The number of benzene rings is 2. The van der Waals surface area contributed by atoms with E-state index in [0.29, 0.717) is 10.7 Å². The molecule has 0 heterocycles. The lowest BCUT2D eigenvalue weighted by molar-refractivity contribution is 0.0827. The van der Waals surface area contributed by atoms with E-state index in [1.807, 2.05) is 12.1 Å². The zero-order valence-electron chi connectivity index (χ0n) is 16.1. The maximum absolute atomic E-state index is 11.9. The van der Waals surface area contributed by atoms with Crippen LogP contribution in [0.15, 0.2) is 42.5 Å². The molecule has 0 aromatic heterocycles. The fourth-order valence-corrected chi connectivity index (χ4v) is 3.16. The largest absolute Gasteiger partial charge is 0.356 e. The molecule has 0 spiro atoms. The smallest absolute Gasteiger partial charge is 0.253 e. The summed E-state index contributed by atoms with van der Waals surface area (Å²) in [4.78, 5) is 13.5. The van der Waals surface area contributed by atoms with Crippen molar-refractivity contribution in [1.29, 1.82) is 0 Å². The molecule has 1 amide bonds. The van der Waals surface area contributed by atoms with Crippen LogP contribution in [0.1, 0.15) is 46.4 Å². The van der Waals surface area contributed by atoms with Gasteiger partial charge in [0.1, 0.15) is 0 Å². The van der Waals surface area contributed by atoms with Crippen LogP contribution in [0.25, 0.3) is 0 Å². The lowest BCUT2D eigenvalue weighted by Crippen LogP contribution is -2.32. The monoisotopic (exact) mass is 369 g/mol. The van der Waals surface area contributed by atoms with Gasteiger partial charge in [-0.25, -0.2) is 0 Å². The van der Waals surface area contributed by atoms with E-state index in [9.17, 15) is 4.79 Å². The summed E-state index contributed by atoms with van der Waals surface area (Å²) < 4.78 is 0. The molecule has 0 saturated carbocycles. The topological polar surface area (TPSA) is 44.4 Å². The first kappa shape index (κ1) is 19.9. The summed E-state index contributed by atoms with van der Waals surface area (Å²) in [5.74, 6) is -0.0156. The highest BCUT2D eigenvalue weighted by Crippen LogP contribution is 2.22. The maximum atomic E-state index is 11.9. The first-order chi connectivity index (χ1) is 12.3. The minimum absolute atomic E-state index is 0.0156. The molecule has 2 N–H and O–H groups in total. The van der Waals surface area contributed by atoms with E-state index in [-0.39, 0.29) is 11.9 Å². The molecule has 26 heavy (non-hydrogen) atoms. The van der Waals surface area contributed by atoms with Crippen LogP contribution in [0.5, 0.6) is 0 Å². The van der Waals surface area contributed by atoms with Gasteiger partial charge in [-0.3, -0.25) is 4.79 Å². The number of carbonyl (C=O) groups excluding carboxylic acids is 1. The van der Waals surface area contributed by atoms with Crippen LogP contribution in [-0.4, -0.2) is 30.0 Å². The number of carbonyl (C=O) groups is 1. The third-order valence-electron chi connectivity index (χ3n) is 4.31. The molecule has 2 aromatic carbocycles. The second kappa shape index (κ2) is 8.81. The molecule has 0 saturated heterocycles. The molecule has 2 rings (SSSR count). The van der Waals surface area contributed by atoms with Gasteiger partial charge in [-0.1, -0.05) is 30.7 Å². The fraction of sp³-hybridized carbons (Fsp3) is 0.333. The predicted molar refractivity (Wildman–Crippen MR) is 113 cm³/mol. The van der Waals surface area contributed by atoms with Crippen LogP contribution < -0.4 is 10.6 Å². The maximum Gasteiger partial charge on any atom is 0.253 e. The van der Waals surface area contributed by atoms with E-state index in [4.69, 9.17) is 12.2 Å². The number of anilines is 1. The summed E-state index contributed by atoms with van der Waals surface area (Å²) in [6, 6.07) is 14.0. The second-order valence-electron chi connectivity index (χ2n) is 6.70. The van der Waals surface area contributed by atoms with Crippen LogP contribution >= 0.6 is 12.2 Å². The van der Waals surface area contributed by atoms with Gasteiger partial charge in [0.25, 0.3) is 5.91 Å². The Morgan fingerprint density at radius 1 is 1.12 bits per heavy atom. The van der Waals surface area contributed by atoms with Gasteiger partial charge in [-0.2, -0.15) is 0 Å². The van der Waals surface area contributed by atoms with Crippen LogP contribution in [-0.2, 0) is 0 Å². The van der Waals surface area contributed by atoms with E-state index in [1.54, 1.807) is 31.1 Å². The number of hydrogen-bond acceptors (Lipinski definition) is 2. The number of rotatable bonds is 5. The van der Waals surface area contributed by atoms with E-state index >= 15 is 0 Å². The lowest BCUT2D eigenvalue weighted by Gasteiger charge is -2.22. The van der Waals surface area contributed by atoms with Crippen molar-refractivity contribution in [3.8, 4) is 0 Å². The number of nitrogens with zero attached hydrogens (tertiary/aromatic N) is 1. The minimum Gasteiger partial charge on any atom is -0.356 e. The summed E-state index contributed by atoms with van der Waals surface area (Å²) in [6.45, 7) is 6.37. The summed E-state index contributed by atoms with van der Waals surface area (Å²) in [6.07, 6.45) is 0.933. The van der Waals surface area contributed by atoms with Gasteiger partial charge in [0.05, 0.1) is 6.04 Å². The first-order valence-corrected chi connectivity index (χ1v) is 9.19. The number of amides is 1. The van der Waals surface area contributed by atoms with Crippen LogP contribution in [0, 0.1) is 13.8 Å². The SMILES string of the molecule is CCC(NC(=S)Nc1ccc(C(=O)N(C)C)cc1)c1ccc(C)cc1C. The van der Waals surface area contributed by atoms with Crippen molar-refractivity contribution in [2.24, 2.45) is 0 Å². The average Bonchev–Trinajstić information content (AvgIpc) is 2.60. The standard InChI is InChI=1S/C21H27N3OS/c1-6-19(18-12-7-14(2)13-15(18)3)23-21(26)22-17-10-8-16(9-11-17)20(25)24(4)5/h7-13,19H,6H2,1-5H3,(H2,22,23,26). The molecule has 0 radical (unpaired) electrons. The van der Waals surface area contributed by atoms with Crippen molar-refractivity contribution < 1.29 is 4.79 Å². The van der Waals surface area contributed by atoms with E-state index in [2.05, 4.69) is 49.6 Å². The molecule has 1 atom stereocenters. The third-order valence-corrected chi connectivity index (χ3v) is 4.53. The minimum atomic E-state index is -0.0156. The van der Waals surface area contributed by atoms with Crippen LogP contribution in [0.2, 0.25) is 0 Å². The molecular weight excluding hydrogens is 342 g/mol. The van der Waals surface area contributed by atoms with Crippen LogP contribution in [0.4, 0.5) is 5.69 Å². The molecule has 0 aliphatic rings. The van der Waals surface area contributed by atoms with Crippen molar-refractivity contribution in [2.45, 2.75) is 33.2 Å². The molecule has 0 fully saturated rings. The number of thiocarbonyl (C=S) groups is 1. The fourth-order valence-electron chi connectivity index (χ4n) is 2.90. The van der Waals surface area contributed by atoms with Gasteiger partial charge < -0.3 is 15.5 Å². The van der Waals surface area contributed by atoms with Crippen molar-refractivity contribution in [3.63, 3.8) is 0 Å². The van der Waals surface area contributed by atoms with Gasteiger partial charge in [-0.05, 0) is 67.9 Å². The predicted octanol–water partition coefficient (Wildman–Crippen LogP) is 4.44. The zero-order valence-corrected chi connectivity index (χ0v) is 16.9. The van der Waals surface area contributed by atoms with Gasteiger partial charge in [-0.15, -0.1) is 0 Å². The van der Waals surface area contributed by atoms with Gasteiger partial charge in [0.15, 0.2) is 5.11 Å². The third kappa shape index (κ3) is 5.05. The zero-order chi connectivity index (χ0) is 19.3. The molecule has 0 aliphatic carbocycles. The number of hydrogen-bond donors (Lipinski definition) is 2. The van der Waals surface area contributed by atoms with E-state index in [0.717, 1.165) is 12.1 Å². The van der Waals surface area contributed by atoms with Crippen LogP contribution in [0.3, 0.4) is 0 Å². The Labute approximate surface area is 161 Å². The van der Waals surface area contributed by atoms with Crippen molar-refractivity contribution in [2.75, 3.05) is 19.4 Å². The van der Waals surface area contributed by atoms with Gasteiger partial charge >= 0.3 is 0 Å². The Kier molecular flexibility index (Phi) is 6.75. The highest BCUT2D eigenvalue weighted by Gasteiger charge is 2.13. The molecule has 5 heteroatoms. The molecular formula is C21H27N3OS. The average molecular weight is 370 g/mol. The highest BCUT2D eigenvalue weighted by atomic mass is 32.1. The molecule has 138 valence electrons. The molecule has 2 aromatic rings.